The molecule has 3 aliphatic rings. The van der Waals surface area contributed by atoms with Crippen LogP contribution in [0.5, 0.6) is 5.75 Å². The highest BCUT2D eigenvalue weighted by molar-refractivity contribution is 5.83. The van der Waals surface area contributed by atoms with Gasteiger partial charge >= 0.3 is 0 Å². The maximum absolute atomic E-state index is 13.7. The van der Waals surface area contributed by atoms with Crippen molar-refractivity contribution >= 4 is 11.6 Å². The summed E-state index contributed by atoms with van der Waals surface area (Å²) in [7, 11) is 0. The average Bonchev–Trinajstić information content (AvgIpc) is 2.63. The highest BCUT2D eigenvalue weighted by atomic mass is 19.1. The Morgan fingerprint density at radius 3 is 2.65 bits per heavy atom. The van der Waals surface area contributed by atoms with Crippen molar-refractivity contribution in [2.45, 2.75) is 31.5 Å². The second kappa shape index (κ2) is 6.55. The van der Waals surface area contributed by atoms with Gasteiger partial charge in [-0.15, -0.1) is 0 Å². The van der Waals surface area contributed by atoms with Gasteiger partial charge in [-0.05, 0) is 31.5 Å². The number of para-hydroxylation sites is 1. The number of piperazine rings is 1. The van der Waals surface area contributed by atoms with Crippen LogP contribution in [0, 0.1) is 11.8 Å². The normalized spacial score (nSPS) is 22.6. The number of carbonyl (C=O) groups excluding carboxylic acids is 1. The fourth-order valence-corrected chi connectivity index (χ4v) is 3.76. The lowest BCUT2D eigenvalue weighted by molar-refractivity contribution is -0.153. The third-order valence-electron chi connectivity index (χ3n) is 5.01. The standard InChI is InChI=1S/C19H19F2N3O2/c1-12(26-17-5-3-2-4-16(17)20)19(25)24-14-8-15(24)11-23(10-14)13-6-7-22-18(21)9-13/h2-7,9,12,14-15H,8,10-11H2,1H3. The number of fused-ring (bicyclic) bond motifs is 2. The zero-order valence-electron chi connectivity index (χ0n) is 14.3. The molecule has 3 unspecified atom stereocenters. The molecule has 1 aromatic heterocycles. The highest BCUT2D eigenvalue weighted by Crippen LogP contribution is 2.35. The van der Waals surface area contributed by atoms with Crippen molar-refractivity contribution in [1.82, 2.24) is 9.88 Å². The Hall–Kier alpha value is -2.70. The molecule has 136 valence electrons. The molecule has 2 bridgehead atoms. The Kier molecular flexibility index (Phi) is 4.22. The van der Waals surface area contributed by atoms with E-state index in [0.717, 1.165) is 12.1 Å². The first kappa shape index (κ1) is 16.8. The summed E-state index contributed by atoms with van der Waals surface area (Å²) in [6.07, 6.45) is 1.60. The number of hydrogen-bond donors (Lipinski definition) is 0. The maximum Gasteiger partial charge on any atom is 0.263 e. The number of anilines is 1. The molecule has 0 spiro atoms. The summed E-state index contributed by atoms with van der Waals surface area (Å²) in [6.45, 7) is 2.91. The van der Waals surface area contributed by atoms with Crippen molar-refractivity contribution in [2.24, 2.45) is 0 Å². The molecule has 7 heteroatoms. The molecule has 0 saturated carbocycles. The van der Waals surface area contributed by atoms with Crippen molar-refractivity contribution in [3.05, 3.63) is 54.4 Å². The lowest BCUT2D eigenvalue weighted by Crippen LogP contribution is -2.71. The van der Waals surface area contributed by atoms with Crippen molar-refractivity contribution in [3.63, 3.8) is 0 Å². The molecule has 4 heterocycles. The fraction of sp³-hybridized carbons (Fsp3) is 0.368. The van der Waals surface area contributed by atoms with Crippen LogP contribution in [0.3, 0.4) is 0 Å². The molecule has 0 aliphatic carbocycles. The molecule has 0 radical (unpaired) electrons. The molecule has 2 aromatic rings. The van der Waals surface area contributed by atoms with Crippen LogP contribution in [-0.2, 0) is 4.79 Å². The molecule has 1 aromatic carbocycles. The van der Waals surface area contributed by atoms with Crippen LogP contribution in [0.2, 0.25) is 0 Å². The van der Waals surface area contributed by atoms with Crippen molar-refractivity contribution in [2.75, 3.05) is 18.0 Å². The van der Waals surface area contributed by atoms with Gasteiger partial charge in [0, 0.05) is 31.0 Å². The molecule has 5 nitrogen and oxygen atoms in total. The van der Waals surface area contributed by atoms with Crippen LogP contribution in [-0.4, -0.2) is 47.1 Å². The quantitative estimate of drug-likeness (QED) is 0.788. The van der Waals surface area contributed by atoms with Crippen LogP contribution < -0.4 is 9.64 Å². The number of halogens is 2. The number of piperidine rings is 1. The molecule has 3 saturated heterocycles. The van der Waals surface area contributed by atoms with Gasteiger partial charge in [0.1, 0.15) is 0 Å². The Bertz CT molecular complexity index is 820. The number of hydrogen-bond acceptors (Lipinski definition) is 4. The van der Waals surface area contributed by atoms with Crippen LogP contribution >= 0.6 is 0 Å². The largest absolute Gasteiger partial charge is 0.478 e. The number of aromatic nitrogens is 1. The van der Waals surface area contributed by atoms with Gasteiger partial charge < -0.3 is 14.5 Å². The number of nitrogens with zero attached hydrogens (tertiary/aromatic N) is 3. The minimum Gasteiger partial charge on any atom is -0.478 e. The van der Waals surface area contributed by atoms with Crippen molar-refractivity contribution < 1.29 is 18.3 Å². The second-order valence-electron chi connectivity index (χ2n) is 6.72. The Morgan fingerprint density at radius 2 is 1.96 bits per heavy atom. The van der Waals surface area contributed by atoms with Gasteiger partial charge in [0.2, 0.25) is 5.95 Å². The van der Waals surface area contributed by atoms with Crippen molar-refractivity contribution in [1.29, 1.82) is 0 Å². The topological polar surface area (TPSA) is 45.7 Å². The third-order valence-corrected chi connectivity index (χ3v) is 5.01. The molecule has 3 aliphatic heterocycles. The smallest absolute Gasteiger partial charge is 0.263 e. The van der Waals surface area contributed by atoms with E-state index < -0.39 is 17.9 Å². The van der Waals surface area contributed by atoms with Crippen LogP contribution in [0.4, 0.5) is 14.5 Å². The minimum absolute atomic E-state index is 0.0594. The van der Waals surface area contributed by atoms with E-state index in [1.165, 1.54) is 24.4 Å². The lowest BCUT2D eigenvalue weighted by Gasteiger charge is -2.57. The summed E-state index contributed by atoms with van der Waals surface area (Å²) < 4.78 is 32.6. The summed E-state index contributed by atoms with van der Waals surface area (Å²) in [5.74, 6) is -1.06. The third kappa shape index (κ3) is 2.98. The van der Waals surface area contributed by atoms with Gasteiger partial charge in [0.25, 0.3) is 5.91 Å². The van der Waals surface area contributed by atoms with Gasteiger partial charge in [-0.3, -0.25) is 4.79 Å². The number of rotatable bonds is 4. The Morgan fingerprint density at radius 1 is 1.23 bits per heavy atom. The predicted molar refractivity (Wildman–Crippen MR) is 91.9 cm³/mol. The van der Waals surface area contributed by atoms with E-state index in [1.807, 2.05) is 4.90 Å². The summed E-state index contributed by atoms with van der Waals surface area (Å²) in [5, 5.41) is 0. The molecular weight excluding hydrogens is 340 g/mol. The minimum atomic E-state index is -0.762. The SMILES string of the molecule is CC(Oc1ccccc1F)C(=O)N1C2CC1CN(c1ccnc(F)c1)C2. The zero-order chi connectivity index (χ0) is 18.3. The monoisotopic (exact) mass is 359 g/mol. The van der Waals surface area contributed by atoms with E-state index in [0.29, 0.717) is 13.1 Å². The summed E-state index contributed by atoms with van der Waals surface area (Å²) in [6, 6.07) is 9.34. The van der Waals surface area contributed by atoms with Gasteiger partial charge in [0.15, 0.2) is 17.7 Å². The summed E-state index contributed by atoms with van der Waals surface area (Å²) in [4.78, 5) is 20.2. The van der Waals surface area contributed by atoms with Gasteiger partial charge in [0.05, 0.1) is 12.1 Å². The molecular formula is C19H19F2N3O2. The van der Waals surface area contributed by atoms with Crippen LogP contribution in [0.25, 0.3) is 0 Å². The van der Waals surface area contributed by atoms with E-state index in [4.69, 9.17) is 4.74 Å². The number of ether oxygens (including phenoxy) is 1. The van der Waals surface area contributed by atoms with E-state index in [9.17, 15) is 13.6 Å². The van der Waals surface area contributed by atoms with Crippen LogP contribution in [0.15, 0.2) is 42.6 Å². The molecule has 5 rings (SSSR count). The average molecular weight is 359 g/mol. The summed E-state index contributed by atoms with van der Waals surface area (Å²) in [5.41, 5.74) is 0.773. The number of benzene rings is 1. The van der Waals surface area contributed by atoms with E-state index in [-0.39, 0.29) is 23.7 Å². The number of carbonyl (C=O) groups is 1. The Balaban J connectivity index is 1.41. The predicted octanol–water partition coefficient (Wildman–Crippen LogP) is 2.62. The molecule has 3 atom stereocenters. The maximum atomic E-state index is 13.7. The summed E-state index contributed by atoms with van der Waals surface area (Å²) >= 11 is 0. The number of pyridine rings is 1. The van der Waals surface area contributed by atoms with E-state index >= 15 is 0 Å². The van der Waals surface area contributed by atoms with Crippen LogP contribution in [0.1, 0.15) is 13.3 Å². The molecule has 3 fully saturated rings. The zero-order valence-corrected chi connectivity index (χ0v) is 14.3. The second-order valence-corrected chi connectivity index (χ2v) is 6.72. The van der Waals surface area contributed by atoms with Gasteiger partial charge in [-0.2, -0.15) is 4.39 Å². The first-order valence-electron chi connectivity index (χ1n) is 8.63. The first-order valence-corrected chi connectivity index (χ1v) is 8.63. The first-order chi connectivity index (χ1) is 12.5. The fourth-order valence-electron chi connectivity index (χ4n) is 3.76. The van der Waals surface area contributed by atoms with Gasteiger partial charge in [-0.25, -0.2) is 9.37 Å². The van der Waals surface area contributed by atoms with E-state index in [2.05, 4.69) is 9.88 Å². The Labute approximate surface area is 150 Å². The van der Waals surface area contributed by atoms with E-state index in [1.54, 1.807) is 25.1 Å². The number of amides is 1. The highest BCUT2D eigenvalue weighted by Gasteiger charge is 2.48. The van der Waals surface area contributed by atoms with Crippen molar-refractivity contribution in [3.8, 4) is 5.75 Å². The van der Waals surface area contributed by atoms with Gasteiger partial charge in [-0.1, -0.05) is 12.1 Å². The molecule has 26 heavy (non-hydrogen) atoms. The molecule has 0 N–H and O–H groups in total. The lowest BCUT2D eigenvalue weighted by atomic mass is 9.86. The molecule has 1 amide bonds.